The number of ether oxygens (including phenoxy) is 1. The SMILES string of the molecule is C[C@@H](OC(=O)c1ccccc1NS(C)(=O)=O)C(=O)Nc1c(F)cccc1F. The molecule has 0 saturated heterocycles. The summed E-state index contributed by atoms with van der Waals surface area (Å²) in [5, 5.41) is 2.01. The summed E-state index contributed by atoms with van der Waals surface area (Å²) in [7, 11) is -3.65. The second kappa shape index (κ2) is 8.12. The van der Waals surface area contributed by atoms with Gasteiger partial charge in [0.15, 0.2) is 6.10 Å². The maximum atomic E-state index is 13.6. The van der Waals surface area contributed by atoms with E-state index in [0.717, 1.165) is 24.5 Å². The molecule has 0 spiro atoms. The molecule has 0 aromatic heterocycles. The van der Waals surface area contributed by atoms with Crippen LogP contribution >= 0.6 is 0 Å². The first-order chi connectivity index (χ1) is 12.6. The molecule has 0 aliphatic heterocycles. The van der Waals surface area contributed by atoms with Crippen molar-refractivity contribution in [3.05, 3.63) is 59.7 Å². The summed E-state index contributed by atoms with van der Waals surface area (Å²) in [5.41, 5.74) is -0.818. The van der Waals surface area contributed by atoms with Crippen LogP contribution in [0, 0.1) is 11.6 Å². The van der Waals surface area contributed by atoms with Crippen molar-refractivity contribution in [2.75, 3.05) is 16.3 Å². The zero-order valence-corrected chi connectivity index (χ0v) is 15.1. The fraction of sp³-hybridized carbons (Fsp3) is 0.176. The Balaban J connectivity index is 2.13. The van der Waals surface area contributed by atoms with Crippen molar-refractivity contribution in [1.82, 2.24) is 0 Å². The Morgan fingerprint density at radius 2 is 1.63 bits per heavy atom. The highest BCUT2D eigenvalue weighted by Gasteiger charge is 2.23. The quantitative estimate of drug-likeness (QED) is 0.728. The average molecular weight is 398 g/mol. The van der Waals surface area contributed by atoms with E-state index >= 15 is 0 Å². The fourth-order valence-corrected chi connectivity index (χ4v) is 2.65. The van der Waals surface area contributed by atoms with Gasteiger partial charge in [0.2, 0.25) is 10.0 Å². The zero-order valence-electron chi connectivity index (χ0n) is 14.3. The van der Waals surface area contributed by atoms with Crippen LogP contribution < -0.4 is 10.0 Å². The molecule has 1 amide bonds. The van der Waals surface area contributed by atoms with Crippen LogP contribution in [0.5, 0.6) is 0 Å². The standard InChI is InChI=1S/C17H16F2N2O5S/c1-10(16(22)20-15-12(18)7-5-8-13(15)19)26-17(23)11-6-3-4-9-14(11)21-27(2,24)25/h3-10,21H,1-2H3,(H,20,22)/t10-/m1/s1. The molecule has 0 aliphatic rings. The molecule has 0 radical (unpaired) electrons. The number of sulfonamides is 1. The van der Waals surface area contributed by atoms with Crippen LogP contribution in [0.1, 0.15) is 17.3 Å². The maximum Gasteiger partial charge on any atom is 0.341 e. The molecule has 0 unspecified atom stereocenters. The highest BCUT2D eigenvalue weighted by molar-refractivity contribution is 7.92. The predicted octanol–water partition coefficient (Wildman–Crippen LogP) is 2.52. The van der Waals surface area contributed by atoms with Gasteiger partial charge >= 0.3 is 5.97 Å². The van der Waals surface area contributed by atoms with Gasteiger partial charge in [-0.1, -0.05) is 18.2 Å². The van der Waals surface area contributed by atoms with Gasteiger partial charge in [0.25, 0.3) is 5.91 Å². The minimum Gasteiger partial charge on any atom is -0.449 e. The van der Waals surface area contributed by atoms with E-state index in [4.69, 9.17) is 4.74 Å². The molecular weight excluding hydrogens is 382 g/mol. The first-order valence-corrected chi connectivity index (χ1v) is 9.50. The van der Waals surface area contributed by atoms with Crippen molar-refractivity contribution in [1.29, 1.82) is 0 Å². The lowest BCUT2D eigenvalue weighted by Crippen LogP contribution is -2.31. The van der Waals surface area contributed by atoms with Crippen LogP contribution in [0.15, 0.2) is 42.5 Å². The van der Waals surface area contributed by atoms with Gasteiger partial charge in [0, 0.05) is 0 Å². The summed E-state index contributed by atoms with van der Waals surface area (Å²) in [4.78, 5) is 24.3. The van der Waals surface area contributed by atoms with E-state index in [0.29, 0.717) is 0 Å². The van der Waals surface area contributed by atoms with E-state index in [1.807, 2.05) is 5.32 Å². The Labute approximate surface area is 154 Å². The summed E-state index contributed by atoms with van der Waals surface area (Å²) >= 11 is 0. The van der Waals surface area contributed by atoms with Crippen molar-refractivity contribution in [2.45, 2.75) is 13.0 Å². The zero-order chi connectivity index (χ0) is 20.2. The molecule has 0 saturated carbocycles. The number of carbonyl (C=O) groups is 2. The van der Waals surface area contributed by atoms with Crippen LogP contribution in [-0.2, 0) is 19.6 Å². The number of anilines is 2. The normalized spacial score (nSPS) is 12.1. The second-order valence-electron chi connectivity index (χ2n) is 5.55. The molecule has 0 aliphatic carbocycles. The molecule has 144 valence electrons. The van der Waals surface area contributed by atoms with Gasteiger partial charge in [-0.25, -0.2) is 22.0 Å². The first-order valence-electron chi connectivity index (χ1n) is 7.61. The van der Waals surface area contributed by atoms with Crippen LogP contribution in [0.2, 0.25) is 0 Å². The van der Waals surface area contributed by atoms with Crippen molar-refractivity contribution < 1.29 is 31.5 Å². The van der Waals surface area contributed by atoms with Gasteiger partial charge in [-0.2, -0.15) is 0 Å². The third kappa shape index (κ3) is 5.48. The largest absolute Gasteiger partial charge is 0.449 e. The molecule has 10 heteroatoms. The monoisotopic (exact) mass is 398 g/mol. The maximum absolute atomic E-state index is 13.6. The third-order valence-corrected chi connectivity index (χ3v) is 3.90. The molecule has 1 atom stereocenters. The predicted molar refractivity (Wildman–Crippen MR) is 94.8 cm³/mol. The third-order valence-electron chi connectivity index (χ3n) is 3.31. The van der Waals surface area contributed by atoms with E-state index in [1.165, 1.54) is 31.2 Å². The van der Waals surface area contributed by atoms with Gasteiger partial charge in [-0.3, -0.25) is 9.52 Å². The van der Waals surface area contributed by atoms with Gasteiger partial charge in [-0.05, 0) is 31.2 Å². The molecule has 2 aromatic carbocycles. The molecule has 2 N–H and O–H groups in total. The Morgan fingerprint density at radius 3 is 2.22 bits per heavy atom. The highest BCUT2D eigenvalue weighted by atomic mass is 32.2. The molecule has 2 aromatic rings. The van der Waals surface area contributed by atoms with E-state index < -0.39 is 45.3 Å². The van der Waals surface area contributed by atoms with Crippen LogP contribution in [-0.4, -0.2) is 32.7 Å². The van der Waals surface area contributed by atoms with Gasteiger partial charge in [0.1, 0.15) is 17.3 Å². The van der Waals surface area contributed by atoms with Crippen molar-refractivity contribution in [2.24, 2.45) is 0 Å². The topological polar surface area (TPSA) is 102 Å². The summed E-state index contributed by atoms with van der Waals surface area (Å²) < 4.78 is 57.1. The Bertz CT molecular complexity index is 959. The van der Waals surface area contributed by atoms with Crippen molar-refractivity contribution in [3.8, 4) is 0 Å². The lowest BCUT2D eigenvalue weighted by Gasteiger charge is -2.15. The molecule has 0 bridgehead atoms. The van der Waals surface area contributed by atoms with Crippen molar-refractivity contribution in [3.63, 3.8) is 0 Å². The highest BCUT2D eigenvalue weighted by Crippen LogP contribution is 2.20. The lowest BCUT2D eigenvalue weighted by atomic mass is 10.2. The summed E-state index contributed by atoms with van der Waals surface area (Å²) in [6.45, 7) is 1.21. The summed E-state index contributed by atoms with van der Waals surface area (Å²) in [6, 6.07) is 8.68. The van der Waals surface area contributed by atoms with Gasteiger partial charge < -0.3 is 10.1 Å². The van der Waals surface area contributed by atoms with E-state index in [2.05, 4.69) is 4.72 Å². The summed E-state index contributed by atoms with van der Waals surface area (Å²) in [6.07, 6.45) is -0.489. The van der Waals surface area contributed by atoms with E-state index in [-0.39, 0.29) is 11.3 Å². The van der Waals surface area contributed by atoms with Gasteiger partial charge in [0.05, 0.1) is 17.5 Å². The number of para-hydroxylation sites is 2. The molecule has 0 heterocycles. The number of amides is 1. The second-order valence-corrected chi connectivity index (χ2v) is 7.30. The Kier molecular flexibility index (Phi) is 6.11. The molecule has 0 fully saturated rings. The minimum atomic E-state index is -3.65. The molecule has 27 heavy (non-hydrogen) atoms. The number of rotatable bonds is 6. The number of hydrogen-bond donors (Lipinski definition) is 2. The van der Waals surface area contributed by atoms with Gasteiger partial charge in [-0.15, -0.1) is 0 Å². The number of halogens is 2. The number of esters is 1. The molecule has 7 nitrogen and oxygen atoms in total. The summed E-state index contributed by atoms with van der Waals surface area (Å²) in [5.74, 6) is -3.91. The molecular formula is C17H16F2N2O5S. The number of nitrogens with one attached hydrogen (secondary N) is 2. The fourth-order valence-electron chi connectivity index (χ4n) is 2.07. The van der Waals surface area contributed by atoms with Crippen LogP contribution in [0.4, 0.5) is 20.2 Å². The number of carbonyl (C=O) groups excluding carboxylic acids is 2. The van der Waals surface area contributed by atoms with Crippen LogP contribution in [0.25, 0.3) is 0 Å². The average Bonchev–Trinajstić information content (AvgIpc) is 2.57. The van der Waals surface area contributed by atoms with Crippen LogP contribution in [0.3, 0.4) is 0 Å². The van der Waals surface area contributed by atoms with E-state index in [1.54, 1.807) is 0 Å². The molecule has 2 rings (SSSR count). The smallest absolute Gasteiger partial charge is 0.341 e. The Morgan fingerprint density at radius 1 is 1.04 bits per heavy atom. The first kappa shape index (κ1) is 20.3. The van der Waals surface area contributed by atoms with Crippen molar-refractivity contribution >= 4 is 33.3 Å². The minimum absolute atomic E-state index is 0.0299. The lowest BCUT2D eigenvalue weighted by molar-refractivity contribution is -0.123. The van der Waals surface area contributed by atoms with E-state index in [9.17, 15) is 26.8 Å². The number of hydrogen-bond acceptors (Lipinski definition) is 5. The number of benzene rings is 2. The Hall–Kier alpha value is -3.01.